The molecule has 1 saturated heterocycles. The van der Waals surface area contributed by atoms with E-state index in [0.717, 1.165) is 43.7 Å². The number of likely N-dealkylation sites (tertiary alicyclic amines) is 1. The van der Waals surface area contributed by atoms with Crippen LogP contribution in [0.5, 0.6) is 5.75 Å². The van der Waals surface area contributed by atoms with Crippen LogP contribution in [-0.4, -0.2) is 59.8 Å². The summed E-state index contributed by atoms with van der Waals surface area (Å²) >= 11 is 0. The monoisotopic (exact) mass is 396 g/mol. The molecule has 1 aromatic carbocycles. The number of carbonyl (C=O) groups excluding carboxylic acids is 1. The van der Waals surface area contributed by atoms with Crippen molar-refractivity contribution < 1.29 is 9.53 Å². The van der Waals surface area contributed by atoms with Gasteiger partial charge in [0.1, 0.15) is 5.75 Å². The van der Waals surface area contributed by atoms with Gasteiger partial charge < -0.3 is 9.64 Å². The Morgan fingerprint density at radius 2 is 2.14 bits per heavy atom. The SMILES string of the molecule is COc1ccc2c(c1)C(C(=O)N(C)C[C@@H]1CCCN(C)[C@H]1c1cnn(C)c1)CC2. The maximum atomic E-state index is 13.4. The van der Waals surface area contributed by atoms with E-state index in [1.165, 1.54) is 17.5 Å². The van der Waals surface area contributed by atoms with Crippen LogP contribution in [0.15, 0.2) is 30.6 Å². The lowest BCUT2D eigenvalue weighted by Crippen LogP contribution is -2.43. The number of benzene rings is 1. The van der Waals surface area contributed by atoms with Gasteiger partial charge in [0.25, 0.3) is 0 Å². The maximum Gasteiger partial charge on any atom is 0.229 e. The summed E-state index contributed by atoms with van der Waals surface area (Å²) in [6, 6.07) is 6.46. The minimum atomic E-state index is -0.0525. The standard InChI is InChI=1S/C23H32N4O2/c1-25-11-5-6-17(22(25)18-13-24-27(3)15-18)14-26(2)23(28)20-10-8-16-7-9-19(29-4)12-21(16)20/h7,9,12-13,15,17,20,22H,5-6,8,10-11,14H2,1-4H3/t17-,20?,22+/m0/s1. The second kappa shape index (κ2) is 8.19. The fraction of sp³-hybridized carbons (Fsp3) is 0.565. The molecule has 2 aromatic rings. The number of piperidine rings is 1. The average Bonchev–Trinajstić information content (AvgIpc) is 3.33. The Kier molecular flexibility index (Phi) is 5.63. The van der Waals surface area contributed by atoms with Gasteiger partial charge in [0.2, 0.25) is 5.91 Å². The topological polar surface area (TPSA) is 50.6 Å². The van der Waals surface area contributed by atoms with Crippen LogP contribution in [0.4, 0.5) is 0 Å². The van der Waals surface area contributed by atoms with Gasteiger partial charge in [-0.05, 0) is 68.5 Å². The maximum absolute atomic E-state index is 13.4. The van der Waals surface area contributed by atoms with E-state index in [4.69, 9.17) is 4.74 Å². The molecule has 0 bridgehead atoms. The Bertz CT molecular complexity index is 878. The fourth-order valence-corrected chi connectivity index (χ4v) is 5.24. The van der Waals surface area contributed by atoms with Crippen molar-refractivity contribution in [1.82, 2.24) is 19.6 Å². The number of ether oxygens (including phenoxy) is 1. The van der Waals surface area contributed by atoms with Gasteiger partial charge in [-0.15, -0.1) is 0 Å². The summed E-state index contributed by atoms with van der Waals surface area (Å²) in [5, 5.41) is 4.38. The molecule has 6 heteroatoms. The number of fused-ring (bicyclic) bond motifs is 1. The van der Waals surface area contributed by atoms with Gasteiger partial charge in [0.05, 0.1) is 19.2 Å². The highest BCUT2D eigenvalue weighted by atomic mass is 16.5. The molecule has 29 heavy (non-hydrogen) atoms. The summed E-state index contributed by atoms with van der Waals surface area (Å²) in [5.74, 6) is 1.42. The number of methoxy groups -OCH3 is 1. The molecule has 2 heterocycles. The highest BCUT2D eigenvalue weighted by Gasteiger charge is 2.36. The molecule has 0 N–H and O–H groups in total. The Balaban J connectivity index is 1.50. The van der Waals surface area contributed by atoms with Gasteiger partial charge in [-0.2, -0.15) is 5.10 Å². The van der Waals surface area contributed by atoms with E-state index in [1.54, 1.807) is 7.11 Å². The molecule has 0 radical (unpaired) electrons. The van der Waals surface area contributed by atoms with Crippen LogP contribution in [0.25, 0.3) is 0 Å². The first-order chi connectivity index (χ1) is 14.0. The first-order valence-electron chi connectivity index (χ1n) is 10.6. The quantitative estimate of drug-likeness (QED) is 0.780. The van der Waals surface area contributed by atoms with Gasteiger partial charge in [0.15, 0.2) is 0 Å². The molecule has 1 aliphatic heterocycles. The van der Waals surface area contributed by atoms with Crippen molar-refractivity contribution in [3.63, 3.8) is 0 Å². The van der Waals surface area contributed by atoms with E-state index in [-0.39, 0.29) is 11.8 Å². The van der Waals surface area contributed by atoms with Crippen LogP contribution in [-0.2, 0) is 18.3 Å². The van der Waals surface area contributed by atoms with Crippen molar-refractivity contribution in [2.24, 2.45) is 13.0 Å². The first kappa shape index (κ1) is 20.0. The summed E-state index contributed by atoms with van der Waals surface area (Å²) in [6.45, 7) is 1.86. The Labute approximate surface area is 173 Å². The molecule has 0 spiro atoms. The minimum Gasteiger partial charge on any atom is -0.497 e. The molecule has 3 atom stereocenters. The molecule has 1 fully saturated rings. The molecule has 1 aliphatic carbocycles. The third-order valence-corrected chi connectivity index (χ3v) is 6.69. The smallest absolute Gasteiger partial charge is 0.229 e. The molecule has 2 aliphatic rings. The van der Waals surface area contributed by atoms with Gasteiger partial charge >= 0.3 is 0 Å². The van der Waals surface area contributed by atoms with E-state index in [1.807, 2.05) is 42.0 Å². The number of rotatable bonds is 5. The molecule has 1 unspecified atom stereocenters. The van der Waals surface area contributed by atoms with E-state index in [9.17, 15) is 4.79 Å². The van der Waals surface area contributed by atoms with Gasteiger partial charge in [0, 0.05) is 38.4 Å². The van der Waals surface area contributed by atoms with Crippen molar-refractivity contribution in [2.75, 3.05) is 34.3 Å². The van der Waals surface area contributed by atoms with Crippen molar-refractivity contribution in [2.45, 2.75) is 37.6 Å². The van der Waals surface area contributed by atoms with Crippen molar-refractivity contribution in [1.29, 1.82) is 0 Å². The largest absolute Gasteiger partial charge is 0.497 e. The summed E-state index contributed by atoms with van der Waals surface area (Å²) in [4.78, 5) is 17.7. The molecular weight excluding hydrogens is 364 g/mol. The Morgan fingerprint density at radius 3 is 2.86 bits per heavy atom. The molecule has 156 valence electrons. The molecular formula is C23H32N4O2. The van der Waals surface area contributed by atoms with Gasteiger partial charge in [-0.25, -0.2) is 0 Å². The van der Waals surface area contributed by atoms with Gasteiger partial charge in [-0.1, -0.05) is 6.07 Å². The lowest BCUT2D eigenvalue weighted by atomic mass is 9.85. The number of likely N-dealkylation sites (N-methyl/N-ethyl adjacent to an activating group) is 1. The van der Waals surface area contributed by atoms with Crippen molar-refractivity contribution in [3.05, 3.63) is 47.3 Å². The van der Waals surface area contributed by atoms with E-state index in [0.29, 0.717) is 12.0 Å². The highest BCUT2D eigenvalue weighted by Crippen LogP contribution is 2.38. The summed E-state index contributed by atoms with van der Waals surface area (Å²) in [7, 11) is 7.79. The zero-order valence-electron chi connectivity index (χ0n) is 18.0. The summed E-state index contributed by atoms with van der Waals surface area (Å²) in [6.07, 6.45) is 8.25. The summed E-state index contributed by atoms with van der Waals surface area (Å²) < 4.78 is 7.26. The normalized spacial score (nSPS) is 24.3. The number of hydrogen-bond donors (Lipinski definition) is 0. The van der Waals surface area contributed by atoms with Crippen LogP contribution >= 0.6 is 0 Å². The number of hydrogen-bond acceptors (Lipinski definition) is 4. The molecule has 1 aromatic heterocycles. The third kappa shape index (κ3) is 3.90. The van der Waals surface area contributed by atoms with E-state index < -0.39 is 0 Å². The summed E-state index contributed by atoms with van der Waals surface area (Å²) in [5.41, 5.74) is 3.67. The highest BCUT2D eigenvalue weighted by molar-refractivity contribution is 5.85. The van der Waals surface area contributed by atoms with Crippen molar-refractivity contribution >= 4 is 5.91 Å². The lowest BCUT2D eigenvalue weighted by Gasteiger charge is -2.40. The first-order valence-corrected chi connectivity index (χ1v) is 10.6. The van der Waals surface area contributed by atoms with E-state index in [2.05, 4.69) is 29.3 Å². The van der Waals surface area contributed by atoms with Crippen LogP contribution in [0.2, 0.25) is 0 Å². The van der Waals surface area contributed by atoms with E-state index >= 15 is 0 Å². The zero-order valence-corrected chi connectivity index (χ0v) is 18.0. The van der Waals surface area contributed by atoms with Crippen LogP contribution in [0.1, 0.15) is 47.9 Å². The minimum absolute atomic E-state index is 0.0525. The second-order valence-corrected chi connectivity index (χ2v) is 8.65. The predicted molar refractivity (Wildman–Crippen MR) is 113 cm³/mol. The molecule has 4 rings (SSSR count). The average molecular weight is 397 g/mol. The zero-order chi connectivity index (χ0) is 20.5. The Hall–Kier alpha value is -2.34. The number of amides is 1. The van der Waals surface area contributed by atoms with Crippen LogP contribution in [0, 0.1) is 5.92 Å². The molecule has 0 saturated carbocycles. The van der Waals surface area contributed by atoms with Crippen LogP contribution in [0.3, 0.4) is 0 Å². The molecule has 1 amide bonds. The molecule has 6 nitrogen and oxygen atoms in total. The van der Waals surface area contributed by atoms with Crippen LogP contribution < -0.4 is 4.74 Å². The number of nitrogens with zero attached hydrogens (tertiary/aromatic N) is 4. The number of carbonyl (C=O) groups is 1. The Morgan fingerprint density at radius 1 is 1.31 bits per heavy atom. The van der Waals surface area contributed by atoms with Crippen molar-refractivity contribution in [3.8, 4) is 5.75 Å². The lowest BCUT2D eigenvalue weighted by molar-refractivity contribution is -0.132. The number of aromatic nitrogens is 2. The third-order valence-electron chi connectivity index (χ3n) is 6.69. The second-order valence-electron chi connectivity index (χ2n) is 8.65. The van der Waals surface area contributed by atoms with Gasteiger partial charge in [-0.3, -0.25) is 14.4 Å². The number of aryl methyl sites for hydroxylation is 2. The fourth-order valence-electron chi connectivity index (χ4n) is 5.24. The predicted octanol–water partition coefficient (Wildman–Crippen LogP) is 3.00.